The highest BCUT2D eigenvalue weighted by molar-refractivity contribution is 5.81. The molecule has 38 heavy (non-hydrogen) atoms. The number of benzene rings is 5. The maximum absolute atomic E-state index is 5.09. The molecule has 0 aliphatic rings. The first-order valence-corrected chi connectivity index (χ1v) is 12.9. The summed E-state index contributed by atoms with van der Waals surface area (Å²) in [4.78, 5) is 10.2. The molecule has 0 fully saturated rings. The lowest BCUT2D eigenvalue weighted by Gasteiger charge is -2.13. The quantitative estimate of drug-likeness (QED) is 0.241. The maximum atomic E-state index is 5.09. The Balaban J connectivity index is 1.58. The summed E-state index contributed by atoms with van der Waals surface area (Å²) < 4.78 is 0. The van der Waals surface area contributed by atoms with Crippen molar-refractivity contribution in [2.24, 2.45) is 0 Å². The third-order valence-electron chi connectivity index (χ3n) is 6.79. The van der Waals surface area contributed by atoms with Crippen molar-refractivity contribution in [3.05, 3.63) is 145 Å². The highest BCUT2D eigenvalue weighted by Crippen LogP contribution is 2.34. The molecular weight excluding hydrogens is 460 g/mol. The molecule has 1 heterocycles. The predicted molar refractivity (Wildman–Crippen MR) is 159 cm³/mol. The molecule has 0 saturated carbocycles. The lowest BCUT2D eigenvalue weighted by Crippen LogP contribution is -1.97. The largest absolute Gasteiger partial charge is 0.228 e. The fourth-order valence-electron chi connectivity index (χ4n) is 4.75. The summed E-state index contributed by atoms with van der Waals surface area (Å²) in [6.45, 7) is 4.25. The Morgan fingerprint density at radius 3 is 1.45 bits per heavy atom. The molecular formula is C36H28N2. The van der Waals surface area contributed by atoms with Crippen LogP contribution in [0.15, 0.2) is 133 Å². The highest BCUT2D eigenvalue weighted by atomic mass is 14.9. The number of aromatic nitrogens is 2. The summed E-state index contributed by atoms with van der Waals surface area (Å²) in [6.07, 6.45) is 0. The standard InChI is InChI=1S/C36H28N2/c1-25-16-18-27(19-17-25)31-21-32(30-15-9-10-26(2)20-30)23-33(22-31)36-37-34(28-11-5-3-6-12-28)24-35(38-36)29-13-7-4-8-14-29/h3-24H,1-2H3. The summed E-state index contributed by atoms with van der Waals surface area (Å²) >= 11 is 0. The molecule has 0 unspecified atom stereocenters. The molecule has 0 radical (unpaired) electrons. The van der Waals surface area contributed by atoms with Crippen molar-refractivity contribution < 1.29 is 0 Å². The Hall–Kier alpha value is -4.82. The van der Waals surface area contributed by atoms with Gasteiger partial charge in [0.2, 0.25) is 0 Å². The van der Waals surface area contributed by atoms with E-state index >= 15 is 0 Å². The Morgan fingerprint density at radius 1 is 0.342 bits per heavy atom. The van der Waals surface area contributed by atoms with Crippen LogP contribution in [0.2, 0.25) is 0 Å². The molecule has 0 aliphatic carbocycles. The van der Waals surface area contributed by atoms with Gasteiger partial charge >= 0.3 is 0 Å². The van der Waals surface area contributed by atoms with Gasteiger partial charge in [0, 0.05) is 16.7 Å². The molecule has 6 rings (SSSR count). The van der Waals surface area contributed by atoms with E-state index in [4.69, 9.17) is 9.97 Å². The van der Waals surface area contributed by atoms with Crippen molar-refractivity contribution in [3.8, 4) is 56.2 Å². The lowest BCUT2D eigenvalue weighted by atomic mass is 9.94. The third-order valence-corrected chi connectivity index (χ3v) is 6.79. The minimum atomic E-state index is 0.716. The summed E-state index contributed by atoms with van der Waals surface area (Å²) in [6, 6.07) is 46.8. The van der Waals surface area contributed by atoms with Crippen molar-refractivity contribution in [2.45, 2.75) is 13.8 Å². The normalized spacial score (nSPS) is 10.9. The van der Waals surface area contributed by atoms with Gasteiger partial charge in [-0.25, -0.2) is 9.97 Å². The topological polar surface area (TPSA) is 25.8 Å². The van der Waals surface area contributed by atoms with Gasteiger partial charge in [0.05, 0.1) is 11.4 Å². The molecule has 0 bridgehead atoms. The summed E-state index contributed by atoms with van der Waals surface area (Å²) in [7, 11) is 0. The van der Waals surface area contributed by atoms with E-state index in [1.54, 1.807) is 0 Å². The first-order chi connectivity index (χ1) is 18.6. The van der Waals surface area contributed by atoms with Crippen molar-refractivity contribution in [3.63, 3.8) is 0 Å². The van der Waals surface area contributed by atoms with E-state index in [0.29, 0.717) is 5.82 Å². The second kappa shape index (κ2) is 10.3. The second-order valence-corrected chi connectivity index (χ2v) is 9.73. The Kier molecular flexibility index (Phi) is 6.37. The van der Waals surface area contributed by atoms with Crippen LogP contribution in [-0.2, 0) is 0 Å². The molecule has 2 heteroatoms. The average Bonchev–Trinajstić information content (AvgIpc) is 2.98. The van der Waals surface area contributed by atoms with E-state index in [1.807, 2.05) is 36.4 Å². The predicted octanol–water partition coefficient (Wildman–Crippen LogP) is 9.43. The van der Waals surface area contributed by atoms with Crippen LogP contribution in [0.25, 0.3) is 56.2 Å². The van der Waals surface area contributed by atoms with Gasteiger partial charge in [0.1, 0.15) is 0 Å². The molecule has 0 aliphatic heterocycles. The zero-order valence-electron chi connectivity index (χ0n) is 21.6. The smallest absolute Gasteiger partial charge is 0.160 e. The first kappa shape index (κ1) is 23.6. The minimum Gasteiger partial charge on any atom is -0.228 e. The van der Waals surface area contributed by atoms with Crippen LogP contribution in [0.3, 0.4) is 0 Å². The van der Waals surface area contributed by atoms with E-state index in [0.717, 1.165) is 39.2 Å². The zero-order chi connectivity index (χ0) is 25.9. The molecule has 6 aromatic rings. The molecule has 1 aromatic heterocycles. The van der Waals surface area contributed by atoms with Crippen LogP contribution in [0.5, 0.6) is 0 Å². The molecule has 2 nitrogen and oxygen atoms in total. The van der Waals surface area contributed by atoms with Crippen LogP contribution in [0.1, 0.15) is 11.1 Å². The van der Waals surface area contributed by atoms with Crippen molar-refractivity contribution in [1.82, 2.24) is 9.97 Å². The number of aryl methyl sites for hydroxylation is 2. The average molecular weight is 489 g/mol. The molecule has 0 N–H and O–H groups in total. The van der Waals surface area contributed by atoms with Gasteiger partial charge in [-0.3, -0.25) is 0 Å². The summed E-state index contributed by atoms with van der Waals surface area (Å²) in [5.41, 5.74) is 12.1. The van der Waals surface area contributed by atoms with E-state index < -0.39 is 0 Å². The molecule has 0 atom stereocenters. The second-order valence-electron chi connectivity index (χ2n) is 9.73. The monoisotopic (exact) mass is 488 g/mol. The van der Waals surface area contributed by atoms with Crippen LogP contribution in [-0.4, -0.2) is 9.97 Å². The van der Waals surface area contributed by atoms with Gasteiger partial charge in [-0.1, -0.05) is 120 Å². The first-order valence-electron chi connectivity index (χ1n) is 12.9. The van der Waals surface area contributed by atoms with Crippen LogP contribution >= 0.6 is 0 Å². The van der Waals surface area contributed by atoms with Gasteiger partial charge in [0.15, 0.2) is 5.82 Å². The zero-order valence-corrected chi connectivity index (χ0v) is 21.6. The fourth-order valence-corrected chi connectivity index (χ4v) is 4.75. The van der Waals surface area contributed by atoms with E-state index in [2.05, 4.69) is 111 Å². The van der Waals surface area contributed by atoms with E-state index in [-0.39, 0.29) is 0 Å². The van der Waals surface area contributed by atoms with Crippen molar-refractivity contribution in [1.29, 1.82) is 0 Å². The van der Waals surface area contributed by atoms with Crippen molar-refractivity contribution >= 4 is 0 Å². The van der Waals surface area contributed by atoms with Crippen molar-refractivity contribution in [2.75, 3.05) is 0 Å². The van der Waals surface area contributed by atoms with Gasteiger partial charge in [0.25, 0.3) is 0 Å². The summed E-state index contributed by atoms with van der Waals surface area (Å²) in [5, 5.41) is 0. The SMILES string of the molecule is Cc1ccc(-c2cc(-c3cccc(C)c3)cc(-c3nc(-c4ccccc4)cc(-c4ccccc4)n3)c2)cc1. The third kappa shape index (κ3) is 5.02. The molecule has 0 spiro atoms. The number of hydrogen-bond donors (Lipinski definition) is 0. The minimum absolute atomic E-state index is 0.716. The Bertz CT molecular complexity index is 1650. The number of rotatable bonds is 5. The Morgan fingerprint density at radius 2 is 0.868 bits per heavy atom. The maximum Gasteiger partial charge on any atom is 0.160 e. The summed E-state index contributed by atoms with van der Waals surface area (Å²) in [5.74, 6) is 0.716. The van der Waals surface area contributed by atoms with Gasteiger partial charge in [-0.05, 0) is 60.4 Å². The van der Waals surface area contributed by atoms with Crippen LogP contribution in [0.4, 0.5) is 0 Å². The molecule has 0 amide bonds. The van der Waals surface area contributed by atoms with E-state index in [1.165, 1.54) is 22.3 Å². The number of nitrogens with zero attached hydrogens (tertiary/aromatic N) is 2. The highest BCUT2D eigenvalue weighted by Gasteiger charge is 2.13. The van der Waals surface area contributed by atoms with Crippen LogP contribution < -0.4 is 0 Å². The van der Waals surface area contributed by atoms with Gasteiger partial charge < -0.3 is 0 Å². The Labute approximate surface area is 224 Å². The van der Waals surface area contributed by atoms with Gasteiger partial charge in [-0.15, -0.1) is 0 Å². The van der Waals surface area contributed by atoms with Crippen LogP contribution in [0, 0.1) is 13.8 Å². The molecule has 5 aromatic carbocycles. The molecule has 0 saturated heterocycles. The van der Waals surface area contributed by atoms with Gasteiger partial charge in [-0.2, -0.15) is 0 Å². The fraction of sp³-hybridized carbons (Fsp3) is 0.0556. The van der Waals surface area contributed by atoms with E-state index in [9.17, 15) is 0 Å². The lowest BCUT2D eigenvalue weighted by molar-refractivity contribution is 1.18. The number of hydrogen-bond acceptors (Lipinski definition) is 2. The molecule has 182 valence electrons.